The molecule has 21 heavy (non-hydrogen) atoms. The molecule has 1 fully saturated rings. The Labute approximate surface area is 131 Å². The average molecular weight is 332 g/mol. The van der Waals surface area contributed by atoms with Gasteiger partial charge in [0, 0.05) is 42.5 Å². The van der Waals surface area contributed by atoms with E-state index in [2.05, 4.69) is 4.90 Å². The van der Waals surface area contributed by atoms with E-state index < -0.39 is 10.0 Å². The predicted octanol–water partition coefficient (Wildman–Crippen LogP) is 1.44. The molecule has 0 aliphatic carbocycles. The molecule has 120 valence electrons. The van der Waals surface area contributed by atoms with E-state index in [0.29, 0.717) is 18.0 Å². The van der Waals surface area contributed by atoms with Crippen LogP contribution in [0.15, 0.2) is 11.0 Å². The Balaban J connectivity index is 1.96. The minimum Gasteiger partial charge on any atom is -0.396 e. The maximum Gasteiger partial charge on any atom is 0.244 e. The molecule has 0 amide bonds. The van der Waals surface area contributed by atoms with Gasteiger partial charge in [-0.15, -0.1) is 11.3 Å². The van der Waals surface area contributed by atoms with Gasteiger partial charge in [-0.25, -0.2) is 8.42 Å². The molecule has 1 aliphatic heterocycles. The second kappa shape index (κ2) is 7.19. The predicted molar refractivity (Wildman–Crippen MR) is 85.3 cm³/mol. The van der Waals surface area contributed by atoms with Gasteiger partial charge in [0.25, 0.3) is 0 Å². The minimum atomic E-state index is -3.34. The lowest BCUT2D eigenvalue weighted by atomic mass is 10.3. The number of sulfonamides is 1. The number of thiophene rings is 1. The number of aliphatic hydroxyl groups excluding tert-OH is 1. The Kier molecular flexibility index (Phi) is 5.79. The summed E-state index contributed by atoms with van der Waals surface area (Å²) in [5.41, 5.74) is 0. The van der Waals surface area contributed by atoms with E-state index in [1.165, 1.54) is 11.3 Å². The molecule has 0 radical (unpaired) electrons. The van der Waals surface area contributed by atoms with Crippen molar-refractivity contribution in [2.75, 3.05) is 39.3 Å². The van der Waals surface area contributed by atoms with Crippen LogP contribution in [0.4, 0.5) is 0 Å². The number of unbranched alkanes of at least 4 members (excludes halogenated alkanes) is 1. The fourth-order valence-corrected chi connectivity index (χ4v) is 5.59. The third kappa shape index (κ3) is 4.04. The highest BCUT2D eigenvalue weighted by atomic mass is 32.2. The van der Waals surface area contributed by atoms with Crippen molar-refractivity contribution in [2.45, 2.75) is 31.6 Å². The summed E-state index contributed by atoms with van der Waals surface area (Å²) in [6.45, 7) is 7.62. The monoisotopic (exact) mass is 332 g/mol. The molecule has 0 saturated carbocycles. The summed E-state index contributed by atoms with van der Waals surface area (Å²) >= 11 is 1.53. The van der Waals surface area contributed by atoms with E-state index in [9.17, 15) is 8.42 Å². The molecule has 1 aromatic heterocycles. The number of rotatable bonds is 6. The molecule has 1 aromatic rings. The Morgan fingerprint density at radius 1 is 1.19 bits per heavy atom. The van der Waals surface area contributed by atoms with Crippen molar-refractivity contribution in [1.29, 1.82) is 0 Å². The van der Waals surface area contributed by atoms with E-state index in [0.717, 1.165) is 42.2 Å². The van der Waals surface area contributed by atoms with Crippen LogP contribution in [0.5, 0.6) is 0 Å². The lowest BCUT2D eigenvalue weighted by Crippen LogP contribution is -2.48. The van der Waals surface area contributed by atoms with Gasteiger partial charge in [-0.1, -0.05) is 0 Å². The third-order valence-electron chi connectivity index (χ3n) is 3.83. The summed E-state index contributed by atoms with van der Waals surface area (Å²) in [6.07, 6.45) is 1.78. The zero-order valence-electron chi connectivity index (χ0n) is 12.7. The smallest absolute Gasteiger partial charge is 0.244 e. The van der Waals surface area contributed by atoms with Crippen LogP contribution in [-0.4, -0.2) is 62.1 Å². The van der Waals surface area contributed by atoms with Crippen molar-refractivity contribution in [3.63, 3.8) is 0 Å². The molecular formula is C14H24N2O3S2. The van der Waals surface area contributed by atoms with Crippen LogP contribution in [0.2, 0.25) is 0 Å². The zero-order valence-corrected chi connectivity index (χ0v) is 14.3. The first-order valence-corrected chi connectivity index (χ1v) is 9.61. The third-order valence-corrected chi connectivity index (χ3v) is 6.95. The van der Waals surface area contributed by atoms with Crippen molar-refractivity contribution in [3.8, 4) is 0 Å². The normalized spacial score (nSPS) is 18.2. The van der Waals surface area contributed by atoms with E-state index in [1.807, 2.05) is 13.8 Å². The molecule has 0 unspecified atom stereocenters. The number of hydrogen-bond donors (Lipinski definition) is 1. The van der Waals surface area contributed by atoms with Crippen LogP contribution >= 0.6 is 11.3 Å². The molecule has 5 nitrogen and oxygen atoms in total. The average Bonchev–Trinajstić information content (AvgIpc) is 2.79. The van der Waals surface area contributed by atoms with Gasteiger partial charge < -0.3 is 10.0 Å². The Bertz CT molecular complexity index is 561. The highest BCUT2D eigenvalue weighted by Crippen LogP contribution is 2.28. The molecule has 0 aromatic carbocycles. The number of aryl methyl sites for hydroxylation is 2. The molecular weight excluding hydrogens is 308 g/mol. The molecule has 1 N–H and O–H groups in total. The molecule has 1 saturated heterocycles. The maximum atomic E-state index is 12.7. The first kappa shape index (κ1) is 16.9. The molecule has 0 spiro atoms. The summed E-state index contributed by atoms with van der Waals surface area (Å²) < 4.78 is 26.9. The van der Waals surface area contributed by atoms with Gasteiger partial charge in [-0.05, 0) is 39.3 Å². The molecule has 1 aliphatic rings. The summed E-state index contributed by atoms with van der Waals surface area (Å²) in [5.74, 6) is 0. The lowest BCUT2D eigenvalue weighted by Gasteiger charge is -2.33. The summed E-state index contributed by atoms with van der Waals surface area (Å²) in [4.78, 5) is 4.65. The Morgan fingerprint density at radius 2 is 1.86 bits per heavy atom. The van der Waals surface area contributed by atoms with Crippen LogP contribution in [0.3, 0.4) is 0 Å². The van der Waals surface area contributed by atoms with E-state index in [-0.39, 0.29) is 6.61 Å². The first-order chi connectivity index (χ1) is 9.95. The number of piperazine rings is 1. The quantitative estimate of drug-likeness (QED) is 0.801. The van der Waals surface area contributed by atoms with Gasteiger partial charge in [0.1, 0.15) is 0 Å². The van der Waals surface area contributed by atoms with Gasteiger partial charge in [0.2, 0.25) is 10.0 Å². The molecule has 7 heteroatoms. The van der Waals surface area contributed by atoms with Crippen molar-refractivity contribution in [3.05, 3.63) is 15.8 Å². The van der Waals surface area contributed by atoms with Crippen LogP contribution in [-0.2, 0) is 10.0 Å². The van der Waals surface area contributed by atoms with Crippen LogP contribution < -0.4 is 0 Å². The standard InChI is InChI=1S/C14H24N2O3S2/c1-12-11-14(13(2)20-12)21(18,19)16-8-6-15(7-9-16)5-3-4-10-17/h11,17H,3-10H2,1-2H3. The van der Waals surface area contributed by atoms with E-state index in [4.69, 9.17) is 5.11 Å². The van der Waals surface area contributed by atoms with Gasteiger partial charge >= 0.3 is 0 Å². The van der Waals surface area contributed by atoms with Gasteiger partial charge in [-0.2, -0.15) is 4.31 Å². The largest absolute Gasteiger partial charge is 0.396 e. The Hall–Kier alpha value is -0.470. The molecule has 0 atom stereocenters. The van der Waals surface area contributed by atoms with Crippen molar-refractivity contribution in [2.24, 2.45) is 0 Å². The minimum absolute atomic E-state index is 0.227. The van der Waals surface area contributed by atoms with Crippen molar-refractivity contribution >= 4 is 21.4 Å². The van der Waals surface area contributed by atoms with Crippen LogP contribution in [0.1, 0.15) is 22.6 Å². The second-order valence-corrected chi connectivity index (χ2v) is 8.82. The highest BCUT2D eigenvalue weighted by Gasteiger charge is 2.30. The molecule has 2 rings (SSSR count). The molecule has 0 bridgehead atoms. The van der Waals surface area contributed by atoms with Crippen LogP contribution in [0.25, 0.3) is 0 Å². The van der Waals surface area contributed by atoms with Gasteiger partial charge in [0.15, 0.2) is 0 Å². The lowest BCUT2D eigenvalue weighted by molar-refractivity contribution is 0.180. The molecule has 2 heterocycles. The van der Waals surface area contributed by atoms with Crippen molar-refractivity contribution < 1.29 is 13.5 Å². The fraction of sp³-hybridized carbons (Fsp3) is 0.714. The number of nitrogens with zero attached hydrogens (tertiary/aromatic N) is 2. The maximum absolute atomic E-state index is 12.7. The topological polar surface area (TPSA) is 60.9 Å². The Morgan fingerprint density at radius 3 is 2.38 bits per heavy atom. The number of hydrogen-bond acceptors (Lipinski definition) is 5. The van der Waals surface area contributed by atoms with Gasteiger partial charge in [0.05, 0.1) is 4.90 Å². The van der Waals surface area contributed by atoms with E-state index >= 15 is 0 Å². The van der Waals surface area contributed by atoms with E-state index in [1.54, 1.807) is 10.4 Å². The fourth-order valence-electron chi connectivity index (χ4n) is 2.64. The zero-order chi connectivity index (χ0) is 15.5. The van der Waals surface area contributed by atoms with Crippen molar-refractivity contribution in [1.82, 2.24) is 9.21 Å². The number of aliphatic hydroxyl groups is 1. The summed E-state index contributed by atoms with van der Waals surface area (Å²) in [7, 11) is -3.34. The first-order valence-electron chi connectivity index (χ1n) is 7.35. The highest BCUT2D eigenvalue weighted by molar-refractivity contribution is 7.89. The second-order valence-electron chi connectivity index (χ2n) is 5.45. The summed E-state index contributed by atoms with van der Waals surface area (Å²) in [6, 6.07) is 1.78. The SMILES string of the molecule is Cc1cc(S(=O)(=O)N2CCN(CCCCO)CC2)c(C)s1. The van der Waals surface area contributed by atoms with Gasteiger partial charge in [-0.3, -0.25) is 0 Å². The summed E-state index contributed by atoms with van der Waals surface area (Å²) in [5, 5.41) is 8.79. The van der Waals surface area contributed by atoms with Crippen LogP contribution in [0, 0.1) is 13.8 Å².